The Morgan fingerprint density at radius 2 is 1.75 bits per heavy atom. The van der Waals surface area contributed by atoms with Crippen LogP contribution in [-0.2, 0) is 6.18 Å². The highest BCUT2D eigenvalue weighted by atomic mass is 35.5. The number of nitrogens with one attached hydrogen (secondary N) is 1. The lowest BCUT2D eigenvalue weighted by atomic mass is 9.93. The molecular weight excluding hydrogens is 384 g/mol. The van der Waals surface area contributed by atoms with Gasteiger partial charge >= 0.3 is 6.18 Å². The zero-order valence-electron chi connectivity index (χ0n) is 13.7. The third kappa shape index (κ3) is 5.95. The van der Waals surface area contributed by atoms with Crippen LogP contribution in [0.4, 0.5) is 13.2 Å². The van der Waals surface area contributed by atoms with Crippen molar-refractivity contribution in [2.45, 2.75) is 32.5 Å². The molecule has 140 valence electrons. The summed E-state index contributed by atoms with van der Waals surface area (Å²) in [5.74, 6) is 0.380. The molecule has 1 atom stereocenters. The van der Waals surface area contributed by atoms with Crippen molar-refractivity contribution in [1.82, 2.24) is 10.2 Å². The van der Waals surface area contributed by atoms with E-state index in [2.05, 4.69) is 24.1 Å². The normalized spacial score (nSPS) is 17.1. The van der Waals surface area contributed by atoms with Crippen molar-refractivity contribution in [1.29, 1.82) is 0 Å². The molecule has 1 heterocycles. The third-order valence-corrected chi connectivity index (χ3v) is 4.40. The Morgan fingerprint density at radius 3 is 2.25 bits per heavy atom. The molecule has 1 saturated heterocycles. The first-order valence-electron chi connectivity index (χ1n) is 7.61. The zero-order chi connectivity index (χ0) is 16.3. The quantitative estimate of drug-likeness (QED) is 0.738. The first-order valence-corrected chi connectivity index (χ1v) is 7.99. The van der Waals surface area contributed by atoms with E-state index >= 15 is 0 Å². The van der Waals surface area contributed by atoms with Gasteiger partial charge in [0.25, 0.3) is 0 Å². The molecule has 0 aromatic heterocycles. The van der Waals surface area contributed by atoms with Crippen LogP contribution in [0.3, 0.4) is 0 Å². The van der Waals surface area contributed by atoms with E-state index in [-0.39, 0.29) is 35.9 Å². The van der Waals surface area contributed by atoms with Crippen LogP contribution >= 0.6 is 36.4 Å². The van der Waals surface area contributed by atoms with Crippen molar-refractivity contribution in [3.63, 3.8) is 0 Å². The maximum absolute atomic E-state index is 13.1. The second-order valence-electron chi connectivity index (χ2n) is 6.14. The van der Waals surface area contributed by atoms with Gasteiger partial charge in [0.1, 0.15) is 0 Å². The SMILES string of the molecule is CC(C)C[C@H](c1cccc(C(F)(F)F)c1Cl)N1CCNCC1.Cl.Cl. The van der Waals surface area contributed by atoms with Gasteiger partial charge in [-0.25, -0.2) is 0 Å². The summed E-state index contributed by atoms with van der Waals surface area (Å²) in [6.07, 6.45) is -3.63. The molecule has 1 aliphatic rings. The number of hydrogen-bond donors (Lipinski definition) is 1. The smallest absolute Gasteiger partial charge is 0.314 e. The topological polar surface area (TPSA) is 15.3 Å². The standard InChI is InChI=1S/C16H22ClF3N2.2ClH/c1-11(2)10-14(22-8-6-21-7-9-22)12-4-3-5-13(15(12)17)16(18,19)20;;/h3-5,11,14,21H,6-10H2,1-2H3;2*1H/t14-;;/m1../s1. The van der Waals surface area contributed by atoms with E-state index in [0.717, 1.165) is 38.7 Å². The van der Waals surface area contributed by atoms with Crippen molar-refractivity contribution in [3.05, 3.63) is 34.3 Å². The van der Waals surface area contributed by atoms with Crippen molar-refractivity contribution < 1.29 is 13.2 Å². The molecule has 1 fully saturated rings. The minimum absolute atomic E-state index is 0. The molecule has 2 nitrogen and oxygen atoms in total. The maximum atomic E-state index is 13.1. The molecule has 0 spiro atoms. The van der Waals surface area contributed by atoms with Gasteiger partial charge in [-0.2, -0.15) is 13.2 Å². The van der Waals surface area contributed by atoms with Gasteiger partial charge < -0.3 is 5.32 Å². The van der Waals surface area contributed by atoms with Crippen molar-refractivity contribution in [3.8, 4) is 0 Å². The lowest BCUT2D eigenvalue weighted by Crippen LogP contribution is -2.45. The Kier molecular flexibility index (Phi) is 9.99. The number of halogens is 6. The Morgan fingerprint density at radius 1 is 1.17 bits per heavy atom. The van der Waals surface area contributed by atoms with Crippen LogP contribution in [0.5, 0.6) is 0 Å². The van der Waals surface area contributed by atoms with Crippen LogP contribution in [0.25, 0.3) is 0 Å². The van der Waals surface area contributed by atoms with Crippen LogP contribution in [-0.4, -0.2) is 31.1 Å². The highest BCUT2D eigenvalue weighted by Crippen LogP contribution is 2.40. The van der Waals surface area contributed by atoms with Crippen LogP contribution in [0.2, 0.25) is 5.02 Å². The first-order chi connectivity index (χ1) is 10.3. The van der Waals surface area contributed by atoms with Crippen molar-refractivity contribution >= 4 is 36.4 Å². The predicted octanol–water partition coefficient (Wildman–Crippen LogP) is 5.19. The largest absolute Gasteiger partial charge is 0.417 e. The summed E-state index contributed by atoms with van der Waals surface area (Å²) in [6.45, 7) is 7.51. The molecule has 1 aromatic rings. The predicted molar refractivity (Wildman–Crippen MR) is 97.6 cm³/mol. The maximum Gasteiger partial charge on any atom is 0.417 e. The Balaban J connectivity index is 0.00000264. The molecule has 0 aliphatic carbocycles. The number of benzene rings is 1. The summed E-state index contributed by atoms with van der Waals surface area (Å²) in [7, 11) is 0. The van der Waals surface area contributed by atoms with Crippen LogP contribution in [0.1, 0.15) is 37.4 Å². The molecule has 0 bridgehead atoms. The fourth-order valence-electron chi connectivity index (χ4n) is 2.94. The molecule has 1 N–H and O–H groups in total. The summed E-state index contributed by atoms with van der Waals surface area (Å²) < 4.78 is 39.3. The lowest BCUT2D eigenvalue weighted by Gasteiger charge is -2.37. The zero-order valence-corrected chi connectivity index (χ0v) is 16.1. The second-order valence-corrected chi connectivity index (χ2v) is 6.52. The van der Waals surface area contributed by atoms with E-state index in [1.54, 1.807) is 6.07 Å². The minimum Gasteiger partial charge on any atom is -0.314 e. The van der Waals surface area contributed by atoms with Gasteiger partial charge in [0.05, 0.1) is 10.6 Å². The van der Waals surface area contributed by atoms with E-state index in [0.29, 0.717) is 11.5 Å². The third-order valence-electron chi connectivity index (χ3n) is 3.98. The lowest BCUT2D eigenvalue weighted by molar-refractivity contribution is -0.137. The molecule has 24 heavy (non-hydrogen) atoms. The minimum atomic E-state index is -4.42. The molecule has 1 aliphatic heterocycles. The summed E-state index contributed by atoms with van der Waals surface area (Å²) in [5, 5.41) is 3.12. The highest BCUT2D eigenvalue weighted by Gasteiger charge is 2.35. The molecular formula is C16H24Cl3F3N2. The van der Waals surface area contributed by atoms with Crippen molar-refractivity contribution in [2.24, 2.45) is 5.92 Å². The average Bonchev–Trinajstić information content (AvgIpc) is 2.45. The average molecular weight is 408 g/mol. The van der Waals surface area contributed by atoms with E-state index in [4.69, 9.17) is 11.6 Å². The number of nitrogens with zero attached hydrogens (tertiary/aromatic N) is 1. The fraction of sp³-hybridized carbons (Fsp3) is 0.625. The molecule has 0 unspecified atom stereocenters. The summed E-state index contributed by atoms with van der Waals surface area (Å²) in [6, 6.07) is 4.17. The Hall–Kier alpha value is -0.200. The number of alkyl halides is 3. The molecule has 0 saturated carbocycles. The summed E-state index contributed by atoms with van der Waals surface area (Å²) in [4.78, 5) is 2.23. The van der Waals surface area contributed by atoms with Gasteiger partial charge in [0.2, 0.25) is 0 Å². The van der Waals surface area contributed by atoms with E-state index in [1.165, 1.54) is 6.07 Å². The number of rotatable bonds is 4. The van der Waals surface area contributed by atoms with Gasteiger partial charge in [-0.05, 0) is 24.0 Å². The summed E-state index contributed by atoms with van der Waals surface area (Å²) >= 11 is 6.13. The van der Waals surface area contributed by atoms with Crippen LogP contribution < -0.4 is 5.32 Å². The number of piperazine rings is 1. The molecule has 8 heteroatoms. The monoisotopic (exact) mass is 406 g/mol. The first kappa shape index (κ1) is 23.8. The molecule has 2 rings (SSSR count). The van der Waals surface area contributed by atoms with Gasteiger partial charge in [-0.15, -0.1) is 24.8 Å². The van der Waals surface area contributed by atoms with Gasteiger partial charge in [0.15, 0.2) is 0 Å². The molecule has 1 aromatic carbocycles. The van der Waals surface area contributed by atoms with E-state index in [9.17, 15) is 13.2 Å². The van der Waals surface area contributed by atoms with Gasteiger partial charge in [-0.1, -0.05) is 37.6 Å². The fourth-order valence-corrected chi connectivity index (χ4v) is 3.30. The Labute approximate surface area is 158 Å². The van der Waals surface area contributed by atoms with Gasteiger partial charge in [-0.3, -0.25) is 4.90 Å². The van der Waals surface area contributed by atoms with E-state index in [1.807, 2.05) is 0 Å². The van der Waals surface area contributed by atoms with Gasteiger partial charge in [0, 0.05) is 32.2 Å². The van der Waals surface area contributed by atoms with E-state index < -0.39 is 11.7 Å². The van der Waals surface area contributed by atoms with Crippen LogP contribution in [0, 0.1) is 5.92 Å². The Bertz CT molecular complexity index is 504. The highest BCUT2D eigenvalue weighted by molar-refractivity contribution is 6.32. The summed E-state index contributed by atoms with van der Waals surface area (Å²) in [5.41, 5.74) is -0.150. The second kappa shape index (κ2) is 10.1. The molecule has 0 radical (unpaired) electrons. The van der Waals surface area contributed by atoms with Crippen molar-refractivity contribution in [2.75, 3.05) is 26.2 Å². The number of hydrogen-bond acceptors (Lipinski definition) is 2. The molecule has 0 amide bonds. The van der Waals surface area contributed by atoms with Crippen LogP contribution in [0.15, 0.2) is 18.2 Å².